The van der Waals surface area contributed by atoms with E-state index in [2.05, 4.69) is 35.5 Å². The molecule has 0 bridgehead atoms. The fourth-order valence-corrected chi connectivity index (χ4v) is 0. The van der Waals surface area contributed by atoms with Crippen LogP contribution in [0.4, 0.5) is 0 Å². The summed E-state index contributed by atoms with van der Waals surface area (Å²) in [5.41, 5.74) is 0. The molecule has 50 valence electrons. The molecule has 8 N–H and O–H groups in total. The predicted octanol–water partition coefficient (Wildman–Crippen LogP) is -1.91. The van der Waals surface area contributed by atoms with Gasteiger partial charge in [0.2, 0.25) is 0 Å². The Labute approximate surface area is 71.8 Å². The third-order valence-corrected chi connectivity index (χ3v) is 0. The Bertz CT molecular complexity index is 9.65. The Kier molecular flexibility index (Phi) is 206. The maximum absolute atomic E-state index is 2.47. The molecule has 0 saturated carbocycles. The molecule has 0 aromatic rings. The van der Waals surface area contributed by atoms with Crippen LogP contribution in [0.1, 0.15) is 0 Å². The van der Waals surface area contributed by atoms with Gasteiger partial charge in [0, 0.05) is 0 Å². The van der Waals surface area contributed by atoms with Gasteiger partial charge in [0.1, 0.15) is 0 Å². The van der Waals surface area contributed by atoms with Crippen molar-refractivity contribution >= 4 is 51.2 Å². The van der Waals surface area contributed by atoms with E-state index in [1.54, 1.807) is 0 Å². The molecule has 0 heterocycles. The van der Waals surface area contributed by atoms with E-state index in [9.17, 15) is 0 Å². The van der Waals surface area contributed by atoms with Crippen molar-refractivity contribution in [1.82, 2.24) is 0 Å². The summed E-state index contributed by atoms with van der Waals surface area (Å²) < 4.78 is 0. The van der Waals surface area contributed by atoms with Gasteiger partial charge in [0.25, 0.3) is 0 Å². The van der Waals surface area contributed by atoms with Crippen LogP contribution in [0, 0.1) is 0 Å². The molecule has 0 atom stereocenters. The molecule has 0 fully saturated rings. The molecule has 4 nitrogen and oxygen atoms in total. The standard InChI is InChI=1S/2HI.4H2O.Pb/h2*1H;4*1H2;/q;;;;;;+2/p-2. The number of hydrogen-bond acceptors (Lipinski definition) is 0. The van der Waals surface area contributed by atoms with E-state index in [0.717, 1.165) is 0 Å². The van der Waals surface area contributed by atoms with Gasteiger partial charge in [-0.05, 0) is 0 Å². The fraction of sp³-hybridized carbons (Fsp3) is 0. The van der Waals surface area contributed by atoms with Gasteiger partial charge >= 0.3 is 51.2 Å². The van der Waals surface area contributed by atoms with Crippen molar-refractivity contribution in [2.45, 2.75) is 0 Å². The van der Waals surface area contributed by atoms with Crippen molar-refractivity contribution in [1.29, 1.82) is 0 Å². The third kappa shape index (κ3) is 64.5. The minimum absolute atomic E-state index is 0. The Morgan fingerprint density at radius 2 is 0.714 bits per heavy atom. The first-order chi connectivity index (χ1) is 1.41. The van der Waals surface area contributed by atoms with E-state index in [1.165, 1.54) is 0 Å². The van der Waals surface area contributed by atoms with Crippen LogP contribution in [-0.2, 0) is 0 Å². The fourth-order valence-electron chi connectivity index (χ4n) is 0. The van der Waals surface area contributed by atoms with Crippen LogP contribution in [0.3, 0.4) is 0 Å². The van der Waals surface area contributed by atoms with Crippen LogP contribution >= 0.6 is 35.5 Å². The van der Waals surface area contributed by atoms with E-state index in [0.29, 0.717) is 0 Å². The zero-order valence-electron chi connectivity index (χ0n) is 3.26. The van der Waals surface area contributed by atoms with Crippen LogP contribution < -0.4 is 0 Å². The van der Waals surface area contributed by atoms with Crippen molar-refractivity contribution in [3.05, 3.63) is 0 Å². The predicted molar refractivity (Wildman–Crippen MR) is 48.2 cm³/mol. The molecular formula is H8I2O4Pb. The third-order valence-electron chi connectivity index (χ3n) is 0. The molecule has 0 rings (SSSR count). The quantitative estimate of drug-likeness (QED) is 0.255. The van der Waals surface area contributed by atoms with E-state index in [1.807, 2.05) is 0 Å². The molecule has 0 amide bonds. The van der Waals surface area contributed by atoms with Gasteiger partial charge < -0.3 is 21.9 Å². The van der Waals surface area contributed by atoms with E-state index >= 15 is 0 Å². The molecule has 0 aliphatic rings. The molecule has 0 saturated heterocycles. The van der Waals surface area contributed by atoms with Gasteiger partial charge in [-0.2, -0.15) is 0 Å². The number of hydrogen-bond donors (Lipinski definition) is 0. The first-order valence-electron chi connectivity index (χ1n) is 0.378. The van der Waals surface area contributed by atoms with Crippen LogP contribution in [0.25, 0.3) is 0 Å². The molecule has 7 heteroatoms. The molecule has 0 spiro atoms. The SMILES string of the molecule is O.O.O.O.[I][Pb][I]. The van der Waals surface area contributed by atoms with Gasteiger partial charge in [0.15, 0.2) is 0 Å². The maximum atomic E-state index is 2.47. The van der Waals surface area contributed by atoms with Gasteiger partial charge in [0.05, 0.1) is 0 Å². The molecule has 0 unspecified atom stereocenters. The molecule has 2 radical (unpaired) electrons. The zero-order valence-corrected chi connectivity index (χ0v) is 11.5. The van der Waals surface area contributed by atoms with Crippen molar-refractivity contribution in [2.75, 3.05) is 0 Å². The van der Waals surface area contributed by atoms with Gasteiger partial charge in [-0.25, -0.2) is 0 Å². The van der Waals surface area contributed by atoms with Crippen molar-refractivity contribution in [2.24, 2.45) is 0 Å². The van der Waals surface area contributed by atoms with Crippen molar-refractivity contribution < 1.29 is 21.9 Å². The van der Waals surface area contributed by atoms with Crippen molar-refractivity contribution in [3.8, 4) is 0 Å². The van der Waals surface area contributed by atoms with Gasteiger partial charge in [-0.3, -0.25) is 0 Å². The Hall–Kier alpha value is 2.22. The summed E-state index contributed by atoms with van der Waals surface area (Å²) in [5.74, 6) is 0. The van der Waals surface area contributed by atoms with Crippen LogP contribution in [-0.4, -0.2) is 37.6 Å². The average Bonchev–Trinajstić information content (AvgIpc) is 0.918. The molecular weight excluding hydrogens is 525 g/mol. The Balaban J connectivity index is -0.00000000333. The Morgan fingerprint density at radius 3 is 0.714 bits per heavy atom. The molecule has 0 aliphatic heterocycles. The topological polar surface area (TPSA) is 126 Å². The van der Waals surface area contributed by atoms with Crippen molar-refractivity contribution in [3.63, 3.8) is 0 Å². The summed E-state index contributed by atoms with van der Waals surface area (Å²) >= 11 is 4.96. The van der Waals surface area contributed by atoms with Crippen LogP contribution in [0.15, 0.2) is 0 Å². The number of rotatable bonds is 0. The first kappa shape index (κ1) is 35.0. The monoisotopic (exact) mass is 534 g/mol. The summed E-state index contributed by atoms with van der Waals surface area (Å²) in [5, 5.41) is 0. The van der Waals surface area contributed by atoms with Crippen LogP contribution in [0.2, 0.25) is 0 Å². The normalized spacial score (nSPS) is 2.57. The van der Waals surface area contributed by atoms with Crippen LogP contribution in [0.5, 0.6) is 0 Å². The zero-order chi connectivity index (χ0) is 2.71. The van der Waals surface area contributed by atoms with E-state index < -0.39 is 0 Å². The van der Waals surface area contributed by atoms with E-state index in [-0.39, 0.29) is 37.6 Å². The second kappa shape index (κ2) is 41.3. The average molecular weight is 533 g/mol. The summed E-state index contributed by atoms with van der Waals surface area (Å²) in [6, 6.07) is 0. The molecule has 0 aliphatic carbocycles. The Morgan fingerprint density at radius 1 is 0.714 bits per heavy atom. The van der Waals surface area contributed by atoms with Gasteiger partial charge in [-0.15, -0.1) is 0 Å². The minimum atomic E-state index is 0. The second-order valence-electron chi connectivity index (χ2n) is 0.0714. The summed E-state index contributed by atoms with van der Waals surface area (Å²) in [6.45, 7) is 0. The number of halogens is 2. The summed E-state index contributed by atoms with van der Waals surface area (Å²) in [6.07, 6.45) is 0. The van der Waals surface area contributed by atoms with Gasteiger partial charge in [-0.1, -0.05) is 0 Å². The first-order valence-corrected chi connectivity index (χ1v) is 22.2. The molecule has 0 aromatic carbocycles. The summed E-state index contributed by atoms with van der Waals surface area (Å²) in [7, 11) is 0. The molecule has 7 heavy (non-hydrogen) atoms. The molecule has 0 aromatic heterocycles. The van der Waals surface area contributed by atoms with E-state index in [4.69, 9.17) is 0 Å². The summed E-state index contributed by atoms with van der Waals surface area (Å²) in [4.78, 5) is 0. The second-order valence-corrected chi connectivity index (χ2v) is 28.2.